The maximum Gasteiger partial charge on any atom is 0.259 e. The van der Waals surface area contributed by atoms with E-state index in [1.54, 1.807) is 5.01 Å². The van der Waals surface area contributed by atoms with Gasteiger partial charge in [-0.15, -0.1) is 0 Å². The van der Waals surface area contributed by atoms with E-state index < -0.39 is 23.3 Å². The normalized spacial score (nSPS) is 19.5. The van der Waals surface area contributed by atoms with E-state index in [1.807, 2.05) is 42.3 Å². The van der Waals surface area contributed by atoms with Gasteiger partial charge in [0.1, 0.15) is 11.5 Å². The monoisotopic (exact) mass is 430 g/mol. The van der Waals surface area contributed by atoms with Crippen LogP contribution in [0.4, 0.5) is 0 Å². The van der Waals surface area contributed by atoms with Crippen LogP contribution < -0.4 is 11.1 Å². The Morgan fingerprint density at radius 1 is 1.16 bits per heavy atom. The highest BCUT2D eigenvalue weighted by atomic mass is 16.5. The van der Waals surface area contributed by atoms with Gasteiger partial charge in [-0.1, -0.05) is 50.1 Å². The van der Waals surface area contributed by atoms with E-state index in [1.165, 1.54) is 0 Å². The summed E-state index contributed by atoms with van der Waals surface area (Å²) >= 11 is 0. The average molecular weight is 431 g/mol. The largest absolute Gasteiger partial charge is 0.379 e. The standard InChI is InChI=1S/C23H34N4O4/c1-2-12-27(26-13-15-31-16-14-26)20(28)19(17-18-8-4-3-5-9-18)25-22(30)23(21(24)29)10-6-7-11-23/h3-5,8-9,19H,2,6-7,10-17H2,1H3,(H2,24,29)(H,25,30). The fraction of sp³-hybridized carbons (Fsp3) is 0.609. The second-order valence-corrected chi connectivity index (χ2v) is 8.40. The zero-order valence-electron chi connectivity index (χ0n) is 18.3. The quantitative estimate of drug-likeness (QED) is 0.574. The Labute approximate surface area is 184 Å². The fourth-order valence-electron chi connectivity index (χ4n) is 4.49. The van der Waals surface area contributed by atoms with Crippen LogP contribution in [0.15, 0.2) is 30.3 Å². The van der Waals surface area contributed by atoms with Gasteiger partial charge in [-0.3, -0.25) is 19.4 Å². The number of carbonyl (C=O) groups excluding carboxylic acids is 3. The number of nitrogens with two attached hydrogens (primary N) is 1. The van der Waals surface area contributed by atoms with Gasteiger partial charge in [-0.2, -0.15) is 0 Å². The van der Waals surface area contributed by atoms with Crippen LogP contribution in [-0.2, 0) is 25.5 Å². The smallest absolute Gasteiger partial charge is 0.259 e. The molecule has 0 radical (unpaired) electrons. The van der Waals surface area contributed by atoms with Gasteiger partial charge < -0.3 is 15.8 Å². The van der Waals surface area contributed by atoms with E-state index in [0.29, 0.717) is 52.1 Å². The molecule has 1 atom stereocenters. The van der Waals surface area contributed by atoms with Crippen molar-refractivity contribution in [3.05, 3.63) is 35.9 Å². The fourth-order valence-corrected chi connectivity index (χ4v) is 4.49. The van der Waals surface area contributed by atoms with Crippen LogP contribution in [0.1, 0.15) is 44.6 Å². The molecule has 2 aliphatic rings. The minimum atomic E-state index is -1.22. The van der Waals surface area contributed by atoms with E-state index in [2.05, 4.69) is 5.32 Å². The number of amides is 3. The maximum absolute atomic E-state index is 13.7. The molecule has 1 heterocycles. The number of rotatable bonds is 9. The number of hydrogen-bond acceptors (Lipinski definition) is 5. The third-order valence-electron chi connectivity index (χ3n) is 6.27. The van der Waals surface area contributed by atoms with Crippen LogP contribution in [0.25, 0.3) is 0 Å². The summed E-state index contributed by atoms with van der Waals surface area (Å²) in [4.78, 5) is 39.1. The Morgan fingerprint density at radius 2 is 1.81 bits per heavy atom. The van der Waals surface area contributed by atoms with Crippen molar-refractivity contribution in [1.82, 2.24) is 15.3 Å². The van der Waals surface area contributed by atoms with E-state index in [0.717, 1.165) is 24.8 Å². The van der Waals surface area contributed by atoms with Crippen LogP contribution in [0.3, 0.4) is 0 Å². The highest BCUT2D eigenvalue weighted by Crippen LogP contribution is 2.38. The Bertz CT molecular complexity index is 758. The molecule has 3 amide bonds. The molecule has 8 heteroatoms. The third kappa shape index (κ3) is 5.43. The molecule has 2 fully saturated rings. The molecular formula is C23H34N4O4. The molecule has 31 heavy (non-hydrogen) atoms. The summed E-state index contributed by atoms with van der Waals surface area (Å²) in [6, 6.07) is 8.83. The second-order valence-electron chi connectivity index (χ2n) is 8.40. The number of primary amides is 1. The summed E-state index contributed by atoms with van der Waals surface area (Å²) in [6.07, 6.45) is 3.57. The first kappa shape index (κ1) is 23.2. The lowest BCUT2D eigenvalue weighted by Gasteiger charge is -2.39. The molecular weight excluding hydrogens is 396 g/mol. The van der Waals surface area contributed by atoms with Crippen molar-refractivity contribution < 1.29 is 19.1 Å². The van der Waals surface area contributed by atoms with Gasteiger partial charge in [0.25, 0.3) is 5.91 Å². The number of morpholine rings is 1. The third-order valence-corrected chi connectivity index (χ3v) is 6.27. The van der Waals surface area contributed by atoms with Crippen molar-refractivity contribution in [3.63, 3.8) is 0 Å². The van der Waals surface area contributed by atoms with Gasteiger partial charge in [-0.25, -0.2) is 5.01 Å². The van der Waals surface area contributed by atoms with Gasteiger partial charge in [0.05, 0.1) is 13.2 Å². The number of nitrogens with zero attached hydrogens (tertiary/aromatic N) is 2. The number of carbonyl (C=O) groups is 3. The molecule has 1 aromatic rings. The first-order chi connectivity index (χ1) is 15.0. The molecule has 1 saturated heterocycles. The number of ether oxygens (including phenoxy) is 1. The summed E-state index contributed by atoms with van der Waals surface area (Å²) in [7, 11) is 0. The zero-order chi connectivity index (χ0) is 22.3. The summed E-state index contributed by atoms with van der Waals surface area (Å²) in [6.45, 7) is 4.96. The van der Waals surface area contributed by atoms with Gasteiger partial charge in [-0.05, 0) is 24.8 Å². The van der Waals surface area contributed by atoms with Crippen molar-refractivity contribution in [2.24, 2.45) is 11.1 Å². The Hall–Kier alpha value is -2.45. The molecule has 170 valence electrons. The minimum absolute atomic E-state index is 0.168. The van der Waals surface area contributed by atoms with Crippen molar-refractivity contribution in [1.29, 1.82) is 0 Å². The summed E-state index contributed by atoms with van der Waals surface area (Å²) in [5, 5.41) is 6.66. The lowest BCUT2D eigenvalue weighted by atomic mass is 9.84. The van der Waals surface area contributed by atoms with E-state index in [-0.39, 0.29) is 5.91 Å². The van der Waals surface area contributed by atoms with Crippen molar-refractivity contribution >= 4 is 17.7 Å². The molecule has 1 saturated carbocycles. The van der Waals surface area contributed by atoms with Gasteiger partial charge >= 0.3 is 0 Å². The molecule has 1 aromatic carbocycles. The maximum atomic E-state index is 13.7. The highest BCUT2D eigenvalue weighted by Gasteiger charge is 2.47. The lowest BCUT2D eigenvalue weighted by molar-refractivity contribution is -0.161. The minimum Gasteiger partial charge on any atom is -0.379 e. The van der Waals surface area contributed by atoms with Gasteiger partial charge in [0, 0.05) is 26.1 Å². The van der Waals surface area contributed by atoms with Crippen molar-refractivity contribution in [2.75, 3.05) is 32.8 Å². The first-order valence-corrected chi connectivity index (χ1v) is 11.3. The van der Waals surface area contributed by atoms with Crippen LogP contribution in [-0.4, -0.2) is 66.6 Å². The van der Waals surface area contributed by atoms with E-state index >= 15 is 0 Å². The molecule has 3 N–H and O–H groups in total. The Kier molecular flexibility index (Phi) is 8.03. The number of benzene rings is 1. The van der Waals surface area contributed by atoms with Gasteiger partial charge in [0.2, 0.25) is 11.8 Å². The first-order valence-electron chi connectivity index (χ1n) is 11.3. The molecule has 0 aromatic heterocycles. The summed E-state index contributed by atoms with van der Waals surface area (Å²) < 4.78 is 5.43. The summed E-state index contributed by atoms with van der Waals surface area (Å²) in [5.74, 6) is -1.20. The van der Waals surface area contributed by atoms with Crippen LogP contribution in [0.2, 0.25) is 0 Å². The molecule has 1 aliphatic heterocycles. The SMILES string of the molecule is CCCN(C(=O)C(Cc1ccccc1)NC(=O)C1(C(N)=O)CCCC1)N1CCOCC1. The summed E-state index contributed by atoms with van der Waals surface area (Å²) in [5.41, 5.74) is 5.37. The van der Waals surface area contributed by atoms with E-state index in [4.69, 9.17) is 10.5 Å². The topological polar surface area (TPSA) is 105 Å². The number of hydrazine groups is 1. The molecule has 8 nitrogen and oxygen atoms in total. The van der Waals surface area contributed by atoms with Crippen molar-refractivity contribution in [3.8, 4) is 0 Å². The predicted molar refractivity (Wildman–Crippen MR) is 117 cm³/mol. The number of nitrogens with one attached hydrogen (secondary N) is 1. The highest BCUT2D eigenvalue weighted by molar-refractivity contribution is 6.05. The van der Waals surface area contributed by atoms with E-state index in [9.17, 15) is 14.4 Å². The molecule has 3 rings (SSSR count). The molecule has 0 bridgehead atoms. The Balaban J connectivity index is 1.84. The Morgan fingerprint density at radius 3 is 2.39 bits per heavy atom. The average Bonchev–Trinajstić information content (AvgIpc) is 3.29. The predicted octanol–water partition coefficient (Wildman–Crippen LogP) is 1.25. The van der Waals surface area contributed by atoms with Crippen molar-refractivity contribution in [2.45, 2.75) is 51.5 Å². The molecule has 1 aliphatic carbocycles. The molecule has 1 unspecified atom stereocenters. The molecule has 0 spiro atoms. The van der Waals surface area contributed by atoms with Crippen LogP contribution in [0.5, 0.6) is 0 Å². The number of hydrogen-bond donors (Lipinski definition) is 2. The van der Waals surface area contributed by atoms with Crippen LogP contribution >= 0.6 is 0 Å². The zero-order valence-corrected chi connectivity index (χ0v) is 18.3. The second kappa shape index (κ2) is 10.7. The lowest BCUT2D eigenvalue weighted by Crippen LogP contribution is -2.60. The van der Waals surface area contributed by atoms with Gasteiger partial charge in [0.15, 0.2) is 0 Å². The van der Waals surface area contributed by atoms with Crippen LogP contribution in [0, 0.1) is 5.41 Å².